The number of anilines is 1. The number of rotatable bonds is 2. The van der Waals surface area contributed by atoms with Crippen molar-refractivity contribution in [2.24, 2.45) is 7.05 Å². The molecule has 0 unspecified atom stereocenters. The van der Waals surface area contributed by atoms with E-state index in [1.165, 1.54) is 12.1 Å². The lowest BCUT2D eigenvalue weighted by Gasteiger charge is -2.08. The van der Waals surface area contributed by atoms with Gasteiger partial charge in [-0.2, -0.15) is 5.10 Å². The normalized spacial score (nSPS) is 10.8. The summed E-state index contributed by atoms with van der Waals surface area (Å²) in [5.41, 5.74) is 10.2. The van der Waals surface area contributed by atoms with Crippen molar-refractivity contribution in [1.82, 2.24) is 14.8 Å². The molecule has 0 aliphatic carbocycles. The largest absolute Gasteiger partial charge is 0.383 e. The first-order chi connectivity index (χ1) is 10.0. The van der Waals surface area contributed by atoms with Crippen LogP contribution in [0.3, 0.4) is 0 Å². The average Bonchev–Trinajstić information content (AvgIpc) is 2.78. The van der Waals surface area contributed by atoms with Crippen LogP contribution < -0.4 is 5.73 Å². The quantitative estimate of drug-likeness (QED) is 0.785. The van der Waals surface area contributed by atoms with E-state index in [0.717, 1.165) is 22.4 Å². The number of nitrogens with two attached hydrogens (primary N) is 1. The number of halogens is 1. The van der Waals surface area contributed by atoms with Gasteiger partial charge in [-0.25, -0.2) is 9.37 Å². The van der Waals surface area contributed by atoms with E-state index < -0.39 is 0 Å². The lowest BCUT2D eigenvalue weighted by Crippen LogP contribution is -1.95. The van der Waals surface area contributed by atoms with Gasteiger partial charge in [-0.15, -0.1) is 0 Å². The second-order valence-corrected chi connectivity index (χ2v) is 4.97. The third kappa shape index (κ3) is 2.50. The molecule has 0 aliphatic heterocycles. The topological polar surface area (TPSA) is 56.7 Å². The van der Waals surface area contributed by atoms with Crippen LogP contribution in [0.15, 0.2) is 42.7 Å². The molecule has 2 aromatic heterocycles. The van der Waals surface area contributed by atoms with Crippen molar-refractivity contribution in [2.75, 3.05) is 5.73 Å². The molecule has 0 fully saturated rings. The third-order valence-corrected chi connectivity index (χ3v) is 3.38. The molecule has 0 bridgehead atoms. The molecule has 4 nitrogen and oxygen atoms in total. The van der Waals surface area contributed by atoms with Gasteiger partial charge in [0.25, 0.3) is 0 Å². The summed E-state index contributed by atoms with van der Waals surface area (Å²) in [6.07, 6.45) is 3.64. The summed E-state index contributed by atoms with van der Waals surface area (Å²) in [4.78, 5) is 4.23. The highest BCUT2D eigenvalue weighted by molar-refractivity contribution is 5.79. The SMILES string of the molecule is Cc1nn(C)cc1-c1cnc(N)c(-c2cccc(F)c2)c1. The Morgan fingerprint density at radius 3 is 2.62 bits per heavy atom. The van der Waals surface area contributed by atoms with E-state index >= 15 is 0 Å². The molecule has 3 rings (SSSR count). The molecule has 2 heterocycles. The zero-order chi connectivity index (χ0) is 15.0. The Morgan fingerprint density at radius 2 is 1.95 bits per heavy atom. The van der Waals surface area contributed by atoms with Crippen molar-refractivity contribution in [3.8, 4) is 22.3 Å². The lowest BCUT2D eigenvalue weighted by molar-refractivity contribution is 0.628. The molecule has 0 saturated carbocycles. The van der Waals surface area contributed by atoms with Crippen LogP contribution in [0.4, 0.5) is 10.2 Å². The second-order valence-electron chi connectivity index (χ2n) is 4.97. The van der Waals surface area contributed by atoms with E-state index in [1.54, 1.807) is 16.9 Å². The number of benzene rings is 1. The molecular formula is C16H15FN4. The fourth-order valence-corrected chi connectivity index (χ4v) is 2.39. The number of hydrogen-bond acceptors (Lipinski definition) is 3. The van der Waals surface area contributed by atoms with Gasteiger partial charge in [-0.3, -0.25) is 4.68 Å². The van der Waals surface area contributed by atoms with Gasteiger partial charge in [0.05, 0.1) is 5.69 Å². The Bertz CT molecular complexity index is 808. The van der Waals surface area contributed by atoms with E-state index in [9.17, 15) is 4.39 Å². The highest BCUT2D eigenvalue weighted by Crippen LogP contribution is 2.30. The highest BCUT2D eigenvalue weighted by Gasteiger charge is 2.11. The second kappa shape index (κ2) is 5.01. The minimum Gasteiger partial charge on any atom is -0.383 e. The van der Waals surface area contributed by atoms with E-state index in [0.29, 0.717) is 11.4 Å². The minimum atomic E-state index is -0.296. The van der Waals surface area contributed by atoms with Crippen LogP contribution in [0.1, 0.15) is 5.69 Å². The van der Waals surface area contributed by atoms with Gasteiger partial charge in [-0.05, 0) is 30.7 Å². The average molecular weight is 282 g/mol. The molecule has 0 radical (unpaired) electrons. The van der Waals surface area contributed by atoms with Crippen LogP contribution in [0.25, 0.3) is 22.3 Å². The van der Waals surface area contributed by atoms with Crippen molar-refractivity contribution in [3.05, 3.63) is 54.2 Å². The monoisotopic (exact) mass is 282 g/mol. The molecule has 21 heavy (non-hydrogen) atoms. The third-order valence-electron chi connectivity index (χ3n) is 3.38. The van der Waals surface area contributed by atoms with Crippen LogP contribution in [-0.4, -0.2) is 14.8 Å². The lowest BCUT2D eigenvalue weighted by atomic mass is 10.0. The van der Waals surface area contributed by atoms with E-state index in [-0.39, 0.29) is 5.82 Å². The first kappa shape index (κ1) is 13.3. The standard InChI is InChI=1S/C16H15FN4/c1-10-15(9-21(2)20-10)12-7-14(16(18)19-8-12)11-4-3-5-13(17)6-11/h3-9H,1-2H3,(H2,18,19). The van der Waals surface area contributed by atoms with E-state index in [2.05, 4.69) is 10.1 Å². The summed E-state index contributed by atoms with van der Waals surface area (Å²) < 4.78 is 15.2. The van der Waals surface area contributed by atoms with Crippen molar-refractivity contribution < 1.29 is 4.39 Å². The summed E-state index contributed by atoms with van der Waals surface area (Å²) in [6, 6.07) is 8.25. The zero-order valence-corrected chi connectivity index (χ0v) is 11.8. The van der Waals surface area contributed by atoms with Crippen LogP contribution >= 0.6 is 0 Å². The summed E-state index contributed by atoms with van der Waals surface area (Å²) in [6.45, 7) is 1.94. The first-order valence-corrected chi connectivity index (χ1v) is 6.56. The Labute approximate surface area is 122 Å². The molecule has 2 N–H and O–H groups in total. The van der Waals surface area contributed by atoms with Crippen molar-refractivity contribution in [2.45, 2.75) is 6.92 Å². The predicted molar refractivity (Wildman–Crippen MR) is 81.0 cm³/mol. The minimum absolute atomic E-state index is 0.296. The number of pyridine rings is 1. The van der Waals surface area contributed by atoms with Gasteiger partial charge in [0, 0.05) is 36.1 Å². The molecule has 1 aromatic carbocycles. The fourth-order valence-electron chi connectivity index (χ4n) is 2.39. The number of hydrogen-bond donors (Lipinski definition) is 1. The summed E-state index contributed by atoms with van der Waals surface area (Å²) in [5, 5.41) is 4.32. The van der Waals surface area contributed by atoms with E-state index in [1.807, 2.05) is 32.3 Å². The number of aryl methyl sites for hydroxylation is 2. The molecule has 0 atom stereocenters. The Balaban J connectivity index is 2.15. The number of aromatic nitrogens is 3. The van der Waals surface area contributed by atoms with Crippen LogP contribution in [0, 0.1) is 12.7 Å². The summed E-state index contributed by atoms with van der Waals surface area (Å²) in [5.74, 6) is 0.0840. The number of nitrogen functional groups attached to an aromatic ring is 1. The molecule has 0 aliphatic rings. The Morgan fingerprint density at radius 1 is 1.14 bits per heavy atom. The Hall–Kier alpha value is -2.69. The van der Waals surface area contributed by atoms with Gasteiger partial charge >= 0.3 is 0 Å². The molecular weight excluding hydrogens is 267 g/mol. The number of nitrogens with zero attached hydrogens (tertiary/aromatic N) is 3. The molecule has 3 aromatic rings. The molecule has 0 spiro atoms. The smallest absolute Gasteiger partial charge is 0.131 e. The molecule has 0 amide bonds. The first-order valence-electron chi connectivity index (χ1n) is 6.56. The van der Waals surface area contributed by atoms with Crippen molar-refractivity contribution in [1.29, 1.82) is 0 Å². The van der Waals surface area contributed by atoms with Crippen molar-refractivity contribution >= 4 is 5.82 Å². The van der Waals surface area contributed by atoms with Crippen LogP contribution in [-0.2, 0) is 7.05 Å². The Kier molecular flexibility index (Phi) is 3.17. The molecule has 5 heteroatoms. The van der Waals surface area contributed by atoms with Gasteiger partial charge < -0.3 is 5.73 Å². The van der Waals surface area contributed by atoms with Crippen LogP contribution in [0.2, 0.25) is 0 Å². The molecule has 0 saturated heterocycles. The zero-order valence-electron chi connectivity index (χ0n) is 11.8. The predicted octanol–water partition coefficient (Wildman–Crippen LogP) is 3.18. The van der Waals surface area contributed by atoms with Gasteiger partial charge in [0.15, 0.2) is 0 Å². The van der Waals surface area contributed by atoms with Gasteiger partial charge in [0.2, 0.25) is 0 Å². The van der Waals surface area contributed by atoms with Gasteiger partial charge in [-0.1, -0.05) is 12.1 Å². The van der Waals surface area contributed by atoms with E-state index in [4.69, 9.17) is 5.73 Å². The highest BCUT2D eigenvalue weighted by atomic mass is 19.1. The maximum atomic E-state index is 13.4. The molecule has 106 valence electrons. The van der Waals surface area contributed by atoms with Crippen molar-refractivity contribution in [3.63, 3.8) is 0 Å². The maximum Gasteiger partial charge on any atom is 0.131 e. The fraction of sp³-hybridized carbons (Fsp3) is 0.125. The van der Waals surface area contributed by atoms with Crippen LogP contribution in [0.5, 0.6) is 0 Å². The summed E-state index contributed by atoms with van der Waals surface area (Å²) in [7, 11) is 1.87. The van der Waals surface area contributed by atoms with Gasteiger partial charge in [0.1, 0.15) is 11.6 Å². The maximum absolute atomic E-state index is 13.4. The summed E-state index contributed by atoms with van der Waals surface area (Å²) >= 11 is 0.